The normalized spacial score (nSPS) is 12.2. The fourth-order valence-corrected chi connectivity index (χ4v) is 11.0. The molecule has 5 heteroatoms. The van der Waals surface area contributed by atoms with Crippen molar-refractivity contribution < 1.29 is 24.2 Å². The van der Waals surface area contributed by atoms with E-state index in [9.17, 15) is 14.7 Å². The van der Waals surface area contributed by atoms with Crippen LogP contribution in [0.2, 0.25) is 0 Å². The lowest BCUT2D eigenvalue weighted by Crippen LogP contribution is -2.28. The maximum Gasteiger partial charge on any atom is 0.306 e. The van der Waals surface area contributed by atoms with Gasteiger partial charge in [-0.25, -0.2) is 0 Å². The van der Waals surface area contributed by atoms with Crippen LogP contribution in [0.5, 0.6) is 0 Å². The molecule has 0 amide bonds. The minimum Gasteiger partial charge on any atom is -0.462 e. The van der Waals surface area contributed by atoms with E-state index in [-0.39, 0.29) is 25.2 Å². The Kier molecular flexibility index (Phi) is 66.2. The number of hydrogen-bond donors (Lipinski definition) is 1. The SMILES string of the molecule is CCCCCCC/C=C\C/C=C\CCCCCCCCCCCCCCCCCCCCCCCC(=O)OC(CO)COC(=O)CCCCCCCCCCCCCCCCCCCCCCCCCCCCCCC. The quantitative estimate of drug-likeness (QED) is 0.0373. The molecule has 0 fully saturated rings. The molecule has 0 aliphatic rings. The highest BCUT2D eigenvalue weighted by Gasteiger charge is 2.16. The molecule has 450 valence electrons. The van der Waals surface area contributed by atoms with Crippen LogP contribution >= 0.6 is 0 Å². The third kappa shape index (κ3) is 64.9. The summed E-state index contributed by atoms with van der Waals surface area (Å²) in [7, 11) is 0. The molecule has 76 heavy (non-hydrogen) atoms. The van der Waals surface area contributed by atoms with Gasteiger partial charge in [-0.15, -0.1) is 0 Å². The summed E-state index contributed by atoms with van der Waals surface area (Å²) < 4.78 is 10.8. The Morgan fingerprint density at radius 1 is 0.303 bits per heavy atom. The van der Waals surface area contributed by atoms with Crippen LogP contribution in [-0.2, 0) is 19.1 Å². The number of aliphatic hydroxyl groups excluding tert-OH is 1. The Balaban J connectivity index is 3.37. The second kappa shape index (κ2) is 67.7. The highest BCUT2D eigenvalue weighted by atomic mass is 16.6. The molecule has 0 rings (SSSR count). The summed E-state index contributed by atoms with van der Waals surface area (Å²) >= 11 is 0. The van der Waals surface area contributed by atoms with Crippen molar-refractivity contribution in [1.82, 2.24) is 0 Å². The van der Waals surface area contributed by atoms with Crippen LogP contribution < -0.4 is 0 Å². The van der Waals surface area contributed by atoms with Crippen molar-refractivity contribution in [3.8, 4) is 0 Å². The first-order valence-electron chi connectivity index (χ1n) is 34.9. The minimum absolute atomic E-state index is 0.0575. The van der Waals surface area contributed by atoms with Gasteiger partial charge in [0.25, 0.3) is 0 Å². The van der Waals surface area contributed by atoms with Crippen molar-refractivity contribution >= 4 is 11.9 Å². The lowest BCUT2D eigenvalue weighted by Gasteiger charge is -2.15. The molecule has 0 aliphatic heterocycles. The Labute approximate surface area is 476 Å². The van der Waals surface area contributed by atoms with Gasteiger partial charge in [0.2, 0.25) is 0 Å². The average Bonchev–Trinajstić information content (AvgIpc) is 3.42. The number of esters is 2. The van der Waals surface area contributed by atoms with Gasteiger partial charge in [0, 0.05) is 12.8 Å². The van der Waals surface area contributed by atoms with Gasteiger partial charge in [-0.3, -0.25) is 9.59 Å². The Morgan fingerprint density at radius 3 is 0.776 bits per heavy atom. The molecule has 0 aliphatic carbocycles. The molecule has 0 aromatic carbocycles. The summed E-state index contributed by atoms with van der Waals surface area (Å²) in [6.45, 7) is 4.20. The lowest BCUT2D eigenvalue weighted by molar-refractivity contribution is -0.161. The molecule has 1 N–H and O–H groups in total. The van der Waals surface area contributed by atoms with Crippen LogP contribution in [0.25, 0.3) is 0 Å². The van der Waals surface area contributed by atoms with E-state index in [0.29, 0.717) is 12.8 Å². The number of carbonyl (C=O) groups is 2. The molecular weight excluding hydrogens is 933 g/mol. The number of carbonyl (C=O) groups excluding carboxylic acids is 2. The second-order valence-electron chi connectivity index (χ2n) is 24.0. The number of hydrogen-bond acceptors (Lipinski definition) is 5. The number of ether oxygens (including phenoxy) is 2. The van der Waals surface area contributed by atoms with Crippen LogP contribution in [0.1, 0.15) is 399 Å². The molecule has 0 saturated carbocycles. The number of aliphatic hydroxyl groups is 1. The molecule has 0 spiro atoms. The van der Waals surface area contributed by atoms with E-state index in [1.807, 2.05) is 0 Å². The summed E-state index contributed by atoms with van der Waals surface area (Å²) in [5.41, 5.74) is 0. The molecule has 0 aromatic heterocycles. The summed E-state index contributed by atoms with van der Waals surface area (Å²) in [5, 5.41) is 9.70. The van der Waals surface area contributed by atoms with Gasteiger partial charge in [0.05, 0.1) is 6.61 Å². The molecule has 5 nitrogen and oxygen atoms in total. The third-order valence-electron chi connectivity index (χ3n) is 16.2. The first kappa shape index (κ1) is 74.4. The standard InChI is InChI=1S/C71H136O5/c1-3-5-7-9-11-13-15-17-19-21-23-25-27-29-31-33-34-35-36-38-40-42-44-46-48-50-52-54-56-58-60-62-64-66-71(74)76-69(67-72)68-75-70(73)65-63-61-59-57-55-53-51-49-47-45-43-41-39-37-32-30-28-26-24-22-20-18-16-14-12-10-8-6-4-2/h15,17,21,23,69,72H,3-14,16,18-20,22,24-68H2,1-2H3/b17-15-,23-21-. The van der Waals surface area contributed by atoms with Gasteiger partial charge in [0.15, 0.2) is 6.10 Å². The molecule has 0 bridgehead atoms. The van der Waals surface area contributed by atoms with Crippen LogP contribution in [-0.4, -0.2) is 36.4 Å². The van der Waals surface area contributed by atoms with E-state index in [2.05, 4.69) is 38.2 Å². The summed E-state index contributed by atoms with van der Waals surface area (Å²) in [6, 6.07) is 0. The van der Waals surface area contributed by atoms with Gasteiger partial charge in [-0.1, -0.05) is 366 Å². The molecule has 1 atom stereocenters. The number of allylic oxidation sites excluding steroid dienone is 4. The van der Waals surface area contributed by atoms with Gasteiger partial charge < -0.3 is 14.6 Å². The summed E-state index contributed by atoms with van der Waals surface area (Å²) in [4.78, 5) is 24.6. The molecule has 1 unspecified atom stereocenters. The maximum absolute atomic E-state index is 12.4. The predicted octanol–water partition coefficient (Wildman–Crippen LogP) is 24.0. The fourth-order valence-electron chi connectivity index (χ4n) is 11.0. The van der Waals surface area contributed by atoms with Crippen molar-refractivity contribution in [1.29, 1.82) is 0 Å². The molecule has 0 aromatic rings. The first-order chi connectivity index (χ1) is 37.6. The Hall–Kier alpha value is -1.62. The molecule has 0 radical (unpaired) electrons. The van der Waals surface area contributed by atoms with Crippen LogP contribution in [0.4, 0.5) is 0 Å². The zero-order valence-corrected chi connectivity index (χ0v) is 51.8. The van der Waals surface area contributed by atoms with Gasteiger partial charge in [-0.2, -0.15) is 0 Å². The van der Waals surface area contributed by atoms with E-state index in [4.69, 9.17) is 9.47 Å². The van der Waals surface area contributed by atoms with Crippen molar-refractivity contribution in [2.24, 2.45) is 0 Å². The average molecular weight is 1070 g/mol. The largest absolute Gasteiger partial charge is 0.462 e. The van der Waals surface area contributed by atoms with Gasteiger partial charge in [0.1, 0.15) is 6.61 Å². The topological polar surface area (TPSA) is 72.8 Å². The third-order valence-corrected chi connectivity index (χ3v) is 16.2. The van der Waals surface area contributed by atoms with E-state index in [1.54, 1.807) is 0 Å². The van der Waals surface area contributed by atoms with E-state index in [1.165, 1.54) is 334 Å². The number of unbranched alkanes of at least 4 members (excludes halogenated alkanes) is 54. The minimum atomic E-state index is -0.768. The Morgan fingerprint density at radius 2 is 0.526 bits per heavy atom. The fraction of sp³-hybridized carbons (Fsp3) is 0.915. The van der Waals surface area contributed by atoms with Crippen LogP contribution in [0.15, 0.2) is 24.3 Å². The van der Waals surface area contributed by atoms with E-state index < -0.39 is 6.10 Å². The highest BCUT2D eigenvalue weighted by molar-refractivity contribution is 5.70. The zero-order chi connectivity index (χ0) is 54.8. The maximum atomic E-state index is 12.4. The van der Waals surface area contributed by atoms with Crippen LogP contribution in [0, 0.1) is 0 Å². The summed E-state index contributed by atoms with van der Waals surface area (Å²) in [5.74, 6) is -0.562. The second-order valence-corrected chi connectivity index (χ2v) is 24.0. The predicted molar refractivity (Wildman–Crippen MR) is 335 cm³/mol. The Bertz CT molecular complexity index is 1160. The molecule has 0 heterocycles. The molecular formula is C71H136O5. The van der Waals surface area contributed by atoms with E-state index in [0.717, 1.165) is 38.5 Å². The van der Waals surface area contributed by atoms with Crippen molar-refractivity contribution in [3.63, 3.8) is 0 Å². The monoisotopic (exact) mass is 1070 g/mol. The first-order valence-corrected chi connectivity index (χ1v) is 34.9. The molecule has 0 saturated heterocycles. The van der Waals surface area contributed by atoms with Crippen molar-refractivity contribution in [2.75, 3.05) is 13.2 Å². The lowest BCUT2D eigenvalue weighted by atomic mass is 10.0. The summed E-state index contributed by atoms with van der Waals surface area (Å²) in [6.07, 6.45) is 87.9. The van der Waals surface area contributed by atoms with E-state index >= 15 is 0 Å². The smallest absolute Gasteiger partial charge is 0.306 e. The van der Waals surface area contributed by atoms with Gasteiger partial charge in [-0.05, 0) is 44.9 Å². The zero-order valence-electron chi connectivity index (χ0n) is 51.8. The number of rotatable bonds is 66. The van der Waals surface area contributed by atoms with Crippen LogP contribution in [0.3, 0.4) is 0 Å². The van der Waals surface area contributed by atoms with Gasteiger partial charge >= 0.3 is 11.9 Å². The van der Waals surface area contributed by atoms with Crippen molar-refractivity contribution in [3.05, 3.63) is 24.3 Å². The highest BCUT2D eigenvalue weighted by Crippen LogP contribution is 2.19. The van der Waals surface area contributed by atoms with Crippen molar-refractivity contribution in [2.45, 2.75) is 405 Å².